The van der Waals surface area contributed by atoms with E-state index < -0.39 is 0 Å². The third-order valence-electron chi connectivity index (χ3n) is 2.57. The Morgan fingerprint density at radius 1 is 1.21 bits per heavy atom. The summed E-state index contributed by atoms with van der Waals surface area (Å²) in [7, 11) is 1.56. The second-order valence-electron chi connectivity index (χ2n) is 3.88. The van der Waals surface area contributed by atoms with Gasteiger partial charge in [-0.15, -0.1) is 10.2 Å². The molecule has 1 heterocycles. The van der Waals surface area contributed by atoms with E-state index in [-0.39, 0.29) is 13.2 Å². The topological polar surface area (TPSA) is 77.6 Å². The van der Waals surface area contributed by atoms with Crippen molar-refractivity contribution in [2.75, 3.05) is 7.11 Å². The summed E-state index contributed by atoms with van der Waals surface area (Å²) in [6, 6.07) is 5.23. The van der Waals surface area contributed by atoms with Crippen LogP contribution in [0.2, 0.25) is 0 Å². The van der Waals surface area contributed by atoms with Gasteiger partial charge in [-0.1, -0.05) is 13.0 Å². The maximum Gasteiger partial charge on any atom is 0.253 e. The molecule has 19 heavy (non-hydrogen) atoms. The van der Waals surface area contributed by atoms with Crippen molar-refractivity contribution in [1.82, 2.24) is 10.2 Å². The first-order valence-electron chi connectivity index (χ1n) is 5.98. The van der Waals surface area contributed by atoms with Crippen LogP contribution in [0.15, 0.2) is 22.6 Å². The number of aliphatic hydroxyl groups excluding tert-OH is 1. The zero-order valence-electron chi connectivity index (χ0n) is 10.9. The van der Waals surface area contributed by atoms with Gasteiger partial charge in [0, 0.05) is 6.42 Å². The highest BCUT2D eigenvalue weighted by Crippen LogP contribution is 2.28. The van der Waals surface area contributed by atoms with Crippen LogP contribution in [0, 0.1) is 0 Å². The number of benzene rings is 1. The van der Waals surface area contributed by atoms with E-state index in [9.17, 15) is 0 Å². The van der Waals surface area contributed by atoms with Gasteiger partial charge in [0.2, 0.25) is 5.89 Å². The summed E-state index contributed by atoms with van der Waals surface area (Å²) in [6.07, 6.45) is 0.691. The van der Waals surface area contributed by atoms with Gasteiger partial charge in [0.1, 0.15) is 0 Å². The van der Waals surface area contributed by atoms with Gasteiger partial charge in [-0.25, -0.2) is 0 Å². The quantitative estimate of drug-likeness (QED) is 0.855. The lowest BCUT2D eigenvalue weighted by atomic mass is 10.2. The van der Waals surface area contributed by atoms with Crippen LogP contribution >= 0.6 is 0 Å². The lowest BCUT2D eigenvalue weighted by molar-refractivity contribution is 0.244. The number of rotatable bonds is 6. The van der Waals surface area contributed by atoms with Crippen molar-refractivity contribution in [2.45, 2.75) is 26.6 Å². The van der Waals surface area contributed by atoms with E-state index in [1.54, 1.807) is 25.3 Å². The molecule has 6 nitrogen and oxygen atoms in total. The number of hydrogen-bond acceptors (Lipinski definition) is 6. The number of ether oxygens (including phenoxy) is 2. The van der Waals surface area contributed by atoms with Crippen molar-refractivity contribution in [3.63, 3.8) is 0 Å². The zero-order chi connectivity index (χ0) is 13.7. The molecule has 0 spiro atoms. The van der Waals surface area contributed by atoms with Crippen LogP contribution in [0.25, 0.3) is 0 Å². The fourth-order valence-corrected chi connectivity index (χ4v) is 1.56. The number of aromatic nitrogens is 2. The second kappa shape index (κ2) is 6.19. The average molecular weight is 264 g/mol. The van der Waals surface area contributed by atoms with Crippen molar-refractivity contribution in [2.24, 2.45) is 0 Å². The second-order valence-corrected chi connectivity index (χ2v) is 3.88. The van der Waals surface area contributed by atoms with Crippen LogP contribution in [0.5, 0.6) is 11.5 Å². The van der Waals surface area contributed by atoms with Gasteiger partial charge in [0.15, 0.2) is 18.1 Å². The standard InChI is InChI=1S/C13H16N2O4/c1-3-12-14-15-13(19-12)8-18-11-6-9(7-16)4-5-10(11)17-2/h4-6,16H,3,7-8H2,1-2H3. The Morgan fingerprint density at radius 3 is 2.63 bits per heavy atom. The summed E-state index contributed by atoms with van der Waals surface area (Å²) in [5, 5.41) is 16.8. The summed E-state index contributed by atoms with van der Waals surface area (Å²) in [5.74, 6) is 2.11. The molecule has 1 aromatic heterocycles. The first-order chi connectivity index (χ1) is 9.26. The number of hydrogen-bond donors (Lipinski definition) is 1. The molecule has 102 valence electrons. The minimum atomic E-state index is -0.0547. The molecule has 0 aliphatic heterocycles. The van der Waals surface area contributed by atoms with Crippen LogP contribution in [0.3, 0.4) is 0 Å². The SMILES string of the molecule is CCc1nnc(COc2cc(CO)ccc2OC)o1. The zero-order valence-corrected chi connectivity index (χ0v) is 10.9. The van der Waals surface area contributed by atoms with Crippen molar-refractivity contribution in [1.29, 1.82) is 0 Å². The molecule has 0 unspecified atom stereocenters. The van der Waals surface area contributed by atoms with Gasteiger partial charge < -0.3 is 19.0 Å². The highest BCUT2D eigenvalue weighted by atomic mass is 16.5. The predicted octanol–water partition coefficient (Wildman–Crippen LogP) is 1.71. The Bertz CT molecular complexity index is 539. The van der Waals surface area contributed by atoms with Gasteiger partial charge in [0.25, 0.3) is 5.89 Å². The molecule has 0 fully saturated rings. The monoisotopic (exact) mass is 264 g/mol. The molecule has 0 radical (unpaired) electrons. The lowest BCUT2D eigenvalue weighted by Gasteiger charge is -2.10. The van der Waals surface area contributed by atoms with E-state index >= 15 is 0 Å². The van der Waals surface area contributed by atoms with Crippen molar-refractivity contribution in [3.8, 4) is 11.5 Å². The molecule has 0 amide bonds. The van der Waals surface area contributed by atoms with Gasteiger partial charge in [-0.05, 0) is 17.7 Å². The maximum atomic E-state index is 9.11. The smallest absolute Gasteiger partial charge is 0.253 e. The van der Waals surface area contributed by atoms with Gasteiger partial charge in [-0.2, -0.15) is 0 Å². The van der Waals surface area contributed by atoms with E-state index in [1.807, 2.05) is 6.92 Å². The highest BCUT2D eigenvalue weighted by Gasteiger charge is 2.09. The summed E-state index contributed by atoms with van der Waals surface area (Å²) >= 11 is 0. The molecule has 2 rings (SSSR count). The van der Waals surface area contributed by atoms with E-state index in [0.717, 1.165) is 5.56 Å². The van der Waals surface area contributed by atoms with Crippen LogP contribution in [-0.2, 0) is 19.6 Å². The number of aliphatic hydroxyl groups is 1. The van der Waals surface area contributed by atoms with Gasteiger partial charge >= 0.3 is 0 Å². The number of aryl methyl sites for hydroxylation is 1. The van der Waals surface area contributed by atoms with Crippen molar-refractivity contribution < 1.29 is 19.0 Å². The predicted molar refractivity (Wildman–Crippen MR) is 66.9 cm³/mol. The Kier molecular flexibility index (Phi) is 4.35. The van der Waals surface area contributed by atoms with E-state index in [1.165, 1.54) is 0 Å². The first-order valence-corrected chi connectivity index (χ1v) is 5.98. The van der Waals surface area contributed by atoms with Crippen LogP contribution in [-0.4, -0.2) is 22.4 Å². The minimum absolute atomic E-state index is 0.0547. The normalized spacial score (nSPS) is 10.5. The average Bonchev–Trinajstić information content (AvgIpc) is 2.92. The van der Waals surface area contributed by atoms with Crippen LogP contribution in [0.4, 0.5) is 0 Å². The molecule has 6 heteroatoms. The first kappa shape index (κ1) is 13.4. The van der Waals surface area contributed by atoms with E-state index in [4.69, 9.17) is 19.0 Å². The fraction of sp³-hybridized carbons (Fsp3) is 0.385. The summed E-state index contributed by atoms with van der Waals surface area (Å²) in [6.45, 7) is 2.05. The Balaban J connectivity index is 2.09. The van der Waals surface area contributed by atoms with Crippen LogP contribution in [0.1, 0.15) is 24.3 Å². The summed E-state index contributed by atoms with van der Waals surface area (Å²) in [5.41, 5.74) is 0.746. The van der Waals surface area contributed by atoms with Gasteiger partial charge in [-0.3, -0.25) is 0 Å². The fourth-order valence-electron chi connectivity index (χ4n) is 1.56. The largest absolute Gasteiger partial charge is 0.493 e. The molecular weight excluding hydrogens is 248 g/mol. The highest BCUT2D eigenvalue weighted by molar-refractivity contribution is 5.42. The van der Waals surface area contributed by atoms with Crippen molar-refractivity contribution in [3.05, 3.63) is 35.5 Å². The van der Waals surface area contributed by atoms with E-state index in [0.29, 0.717) is 29.7 Å². The van der Waals surface area contributed by atoms with E-state index in [2.05, 4.69) is 10.2 Å². The Labute approximate surface area is 111 Å². The number of nitrogens with zero attached hydrogens (tertiary/aromatic N) is 2. The van der Waals surface area contributed by atoms with Gasteiger partial charge in [0.05, 0.1) is 13.7 Å². The lowest BCUT2D eigenvalue weighted by Crippen LogP contribution is -1.99. The Morgan fingerprint density at radius 2 is 2.00 bits per heavy atom. The molecule has 0 saturated carbocycles. The number of methoxy groups -OCH3 is 1. The molecule has 0 aliphatic rings. The molecule has 2 aromatic rings. The Hall–Kier alpha value is -2.08. The third kappa shape index (κ3) is 3.23. The summed E-state index contributed by atoms with van der Waals surface area (Å²) in [4.78, 5) is 0. The summed E-state index contributed by atoms with van der Waals surface area (Å²) < 4.78 is 16.1. The molecular formula is C13H16N2O4. The third-order valence-corrected chi connectivity index (χ3v) is 2.57. The molecule has 0 atom stereocenters. The van der Waals surface area contributed by atoms with Crippen LogP contribution < -0.4 is 9.47 Å². The van der Waals surface area contributed by atoms with Crippen molar-refractivity contribution >= 4 is 0 Å². The molecule has 0 bridgehead atoms. The molecule has 0 saturated heterocycles. The minimum Gasteiger partial charge on any atom is -0.493 e. The molecule has 0 aliphatic carbocycles. The molecule has 1 N–H and O–H groups in total. The maximum absolute atomic E-state index is 9.11. The molecule has 1 aromatic carbocycles.